The number of nitrogens with one attached hydrogen (secondary N) is 1. The molecular weight excluding hydrogens is 395 g/mol. The molecule has 1 N–H and O–H groups in total. The zero-order valence-electron chi connectivity index (χ0n) is 16.7. The van der Waals surface area contributed by atoms with Crippen LogP contribution in [0.4, 0.5) is 18.9 Å². The van der Waals surface area contributed by atoms with E-state index in [2.05, 4.69) is 10.4 Å². The minimum atomic E-state index is -4.52. The van der Waals surface area contributed by atoms with Crippen LogP contribution < -0.4 is 10.7 Å². The Morgan fingerprint density at radius 2 is 1.80 bits per heavy atom. The van der Waals surface area contributed by atoms with Crippen LogP contribution in [0.5, 0.6) is 0 Å². The van der Waals surface area contributed by atoms with Gasteiger partial charge in [0.15, 0.2) is 5.69 Å². The Labute approximate surface area is 171 Å². The second kappa shape index (κ2) is 8.14. The third kappa shape index (κ3) is 4.27. The molecule has 3 aromatic rings. The molecule has 0 spiro atoms. The van der Waals surface area contributed by atoms with Crippen molar-refractivity contribution in [2.45, 2.75) is 33.4 Å². The highest BCUT2D eigenvalue weighted by Crippen LogP contribution is 2.30. The Morgan fingerprint density at radius 3 is 2.47 bits per heavy atom. The summed E-state index contributed by atoms with van der Waals surface area (Å²) in [5, 5.41) is 6.80. The van der Waals surface area contributed by atoms with Crippen LogP contribution in [0, 0.1) is 13.8 Å². The Bertz CT molecular complexity index is 1170. The maximum absolute atomic E-state index is 13.1. The van der Waals surface area contributed by atoms with Crippen molar-refractivity contribution >= 4 is 11.6 Å². The summed E-state index contributed by atoms with van der Waals surface area (Å²) in [6.45, 7) is 5.31. The monoisotopic (exact) mass is 415 g/mol. The molecule has 0 aliphatic heterocycles. The van der Waals surface area contributed by atoms with Crippen LogP contribution in [0.1, 0.15) is 39.8 Å². The molecule has 0 aliphatic carbocycles. The van der Waals surface area contributed by atoms with Crippen molar-refractivity contribution in [1.82, 2.24) is 9.78 Å². The minimum Gasteiger partial charge on any atom is -0.320 e. The number of benzene rings is 2. The lowest BCUT2D eigenvalue weighted by atomic mass is 10.1. The molecule has 1 amide bonds. The number of aryl methyl sites for hydroxylation is 3. The van der Waals surface area contributed by atoms with Gasteiger partial charge in [0, 0.05) is 17.4 Å². The van der Waals surface area contributed by atoms with Gasteiger partial charge in [-0.15, -0.1) is 0 Å². The number of alkyl halides is 3. The molecule has 0 atom stereocenters. The summed E-state index contributed by atoms with van der Waals surface area (Å²) in [5.74, 6) is -0.718. The van der Waals surface area contributed by atoms with E-state index in [-0.39, 0.29) is 5.69 Å². The molecule has 0 fully saturated rings. The number of anilines is 1. The maximum atomic E-state index is 13.1. The first-order valence-corrected chi connectivity index (χ1v) is 9.30. The van der Waals surface area contributed by atoms with Crippen molar-refractivity contribution in [1.29, 1.82) is 0 Å². The van der Waals surface area contributed by atoms with Crippen molar-refractivity contribution in [2.75, 3.05) is 5.32 Å². The van der Waals surface area contributed by atoms with E-state index in [1.165, 1.54) is 25.1 Å². The van der Waals surface area contributed by atoms with E-state index in [1.807, 2.05) is 32.0 Å². The highest BCUT2D eigenvalue weighted by Gasteiger charge is 2.30. The summed E-state index contributed by atoms with van der Waals surface area (Å²) < 4.78 is 40.3. The first-order valence-electron chi connectivity index (χ1n) is 9.30. The first-order chi connectivity index (χ1) is 14.1. The number of halogens is 3. The van der Waals surface area contributed by atoms with E-state index in [0.29, 0.717) is 17.8 Å². The van der Waals surface area contributed by atoms with Gasteiger partial charge in [-0.25, -0.2) is 4.68 Å². The lowest BCUT2D eigenvalue weighted by Crippen LogP contribution is -2.27. The molecule has 30 heavy (non-hydrogen) atoms. The number of para-hydroxylation sites is 1. The van der Waals surface area contributed by atoms with Gasteiger partial charge in [-0.2, -0.15) is 18.3 Å². The molecule has 5 nitrogen and oxygen atoms in total. The molecular formula is C22H20F3N3O2. The van der Waals surface area contributed by atoms with Crippen LogP contribution in [-0.2, 0) is 12.6 Å². The predicted octanol–water partition coefficient (Wildman–Crippen LogP) is 4.68. The van der Waals surface area contributed by atoms with Gasteiger partial charge in [0.05, 0.1) is 11.3 Å². The highest BCUT2D eigenvalue weighted by atomic mass is 19.4. The van der Waals surface area contributed by atoms with Gasteiger partial charge < -0.3 is 5.32 Å². The Kier molecular flexibility index (Phi) is 5.78. The second-order valence-corrected chi connectivity index (χ2v) is 6.88. The fraction of sp³-hybridized carbons (Fsp3) is 0.227. The lowest BCUT2D eigenvalue weighted by Gasteiger charge is -2.15. The normalized spacial score (nSPS) is 11.4. The largest absolute Gasteiger partial charge is 0.416 e. The van der Waals surface area contributed by atoms with Gasteiger partial charge in [-0.1, -0.05) is 31.2 Å². The Balaban J connectivity index is 2.05. The van der Waals surface area contributed by atoms with Gasteiger partial charge in [0.2, 0.25) is 5.43 Å². The number of carbonyl (C=O) groups is 1. The summed E-state index contributed by atoms with van der Waals surface area (Å²) in [5.41, 5.74) is 0.864. The fourth-order valence-corrected chi connectivity index (χ4v) is 3.15. The van der Waals surface area contributed by atoms with Crippen molar-refractivity contribution < 1.29 is 18.0 Å². The summed E-state index contributed by atoms with van der Waals surface area (Å²) in [7, 11) is 0. The molecule has 0 bridgehead atoms. The molecule has 0 saturated heterocycles. The highest BCUT2D eigenvalue weighted by molar-refractivity contribution is 6.03. The van der Waals surface area contributed by atoms with Crippen LogP contribution in [0.25, 0.3) is 5.69 Å². The van der Waals surface area contributed by atoms with E-state index in [0.717, 1.165) is 27.9 Å². The molecule has 0 saturated carbocycles. The van der Waals surface area contributed by atoms with Gasteiger partial charge in [0.25, 0.3) is 5.91 Å². The van der Waals surface area contributed by atoms with E-state index in [1.54, 1.807) is 0 Å². The Morgan fingerprint density at radius 1 is 1.10 bits per heavy atom. The lowest BCUT2D eigenvalue weighted by molar-refractivity contribution is -0.137. The Hall–Kier alpha value is -3.42. The van der Waals surface area contributed by atoms with Crippen LogP contribution >= 0.6 is 0 Å². The molecule has 2 aromatic carbocycles. The number of hydrogen-bond donors (Lipinski definition) is 1. The van der Waals surface area contributed by atoms with E-state index >= 15 is 0 Å². The summed E-state index contributed by atoms with van der Waals surface area (Å²) in [4.78, 5) is 25.2. The fourth-order valence-electron chi connectivity index (χ4n) is 3.15. The van der Waals surface area contributed by atoms with Crippen molar-refractivity contribution in [3.05, 3.63) is 86.8 Å². The third-order valence-electron chi connectivity index (χ3n) is 4.72. The van der Waals surface area contributed by atoms with Crippen LogP contribution in [0.2, 0.25) is 0 Å². The zero-order chi connectivity index (χ0) is 22.1. The topological polar surface area (TPSA) is 64.0 Å². The zero-order valence-corrected chi connectivity index (χ0v) is 16.7. The first kappa shape index (κ1) is 21.3. The van der Waals surface area contributed by atoms with Crippen LogP contribution in [-0.4, -0.2) is 15.7 Å². The number of rotatable bonds is 4. The van der Waals surface area contributed by atoms with Crippen molar-refractivity contribution in [3.63, 3.8) is 0 Å². The molecule has 0 aliphatic rings. The number of hydrogen-bond acceptors (Lipinski definition) is 3. The smallest absolute Gasteiger partial charge is 0.320 e. The van der Waals surface area contributed by atoms with Gasteiger partial charge >= 0.3 is 6.18 Å². The second-order valence-electron chi connectivity index (χ2n) is 6.88. The average molecular weight is 415 g/mol. The minimum absolute atomic E-state index is 0.0986. The number of carbonyl (C=O) groups excluding carboxylic acids is 1. The SMILES string of the molecule is CCc1cccc(C)c1NC(=O)c1nn(-c2cccc(C(F)(F)F)c2)c(C)cc1=O. The molecule has 8 heteroatoms. The summed E-state index contributed by atoms with van der Waals surface area (Å²) in [6.07, 6.45) is -3.85. The molecule has 3 rings (SSSR count). The molecule has 1 heterocycles. The van der Waals surface area contributed by atoms with Gasteiger partial charge in [0.1, 0.15) is 0 Å². The molecule has 156 valence electrons. The number of nitrogens with zero attached hydrogens (tertiary/aromatic N) is 2. The number of amides is 1. The van der Waals surface area contributed by atoms with E-state index < -0.39 is 28.8 Å². The quantitative estimate of drug-likeness (QED) is 0.673. The predicted molar refractivity (Wildman–Crippen MR) is 108 cm³/mol. The molecule has 0 radical (unpaired) electrons. The van der Waals surface area contributed by atoms with Gasteiger partial charge in [-0.05, 0) is 49.6 Å². The molecule has 1 aromatic heterocycles. The van der Waals surface area contributed by atoms with Crippen LogP contribution in [0.3, 0.4) is 0 Å². The summed E-state index contributed by atoms with van der Waals surface area (Å²) in [6, 6.07) is 11.3. The van der Waals surface area contributed by atoms with Crippen molar-refractivity contribution in [3.8, 4) is 5.69 Å². The number of aromatic nitrogens is 2. The standard InChI is InChI=1S/C22H20F3N3O2/c1-4-15-8-5-7-13(2)19(15)26-21(30)20-18(29)11-14(3)28(27-20)17-10-6-9-16(12-17)22(23,24)25/h5-12H,4H2,1-3H3,(H,26,30). The molecule has 0 unspecified atom stereocenters. The van der Waals surface area contributed by atoms with E-state index in [4.69, 9.17) is 0 Å². The van der Waals surface area contributed by atoms with Crippen molar-refractivity contribution in [2.24, 2.45) is 0 Å². The average Bonchev–Trinajstić information content (AvgIpc) is 2.69. The third-order valence-corrected chi connectivity index (χ3v) is 4.72. The maximum Gasteiger partial charge on any atom is 0.416 e. The summed E-state index contributed by atoms with van der Waals surface area (Å²) >= 11 is 0. The van der Waals surface area contributed by atoms with Gasteiger partial charge in [-0.3, -0.25) is 9.59 Å². The van der Waals surface area contributed by atoms with E-state index in [9.17, 15) is 22.8 Å². The van der Waals surface area contributed by atoms with Crippen LogP contribution in [0.15, 0.2) is 53.3 Å².